The summed E-state index contributed by atoms with van der Waals surface area (Å²) in [6.07, 6.45) is -1.97. The summed E-state index contributed by atoms with van der Waals surface area (Å²) in [7, 11) is 0. The van der Waals surface area contributed by atoms with Crippen molar-refractivity contribution in [2.75, 3.05) is 0 Å². The number of rotatable bonds is 5. The standard InChI is InChI=1S/C14H14F4N2S/c1-2-10-7-20-13(21-10)8-19-6-9-3-4-12(15)11(5-9)14(16,17)18/h3-5,7,19H,2,6,8H2,1H3. The molecule has 21 heavy (non-hydrogen) atoms. The zero-order chi connectivity index (χ0) is 15.5. The molecule has 0 atom stereocenters. The third-order valence-corrected chi connectivity index (χ3v) is 4.03. The van der Waals surface area contributed by atoms with Gasteiger partial charge in [0.2, 0.25) is 0 Å². The molecule has 0 spiro atoms. The first kappa shape index (κ1) is 15.9. The van der Waals surface area contributed by atoms with Crippen LogP contribution in [-0.4, -0.2) is 4.98 Å². The van der Waals surface area contributed by atoms with Crippen LogP contribution in [0.3, 0.4) is 0 Å². The molecular weight excluding hydrogens is 304 g/mol. The first-order valence-corrected chi connectivity index (χ1v) is 7.21. The van der Waals surface area contributed by atoms with Crippen LogP contribution in [0.15, 0.2) is 24.4 Å². The summed E-state index contributed by atoms with van der Waals surface area (Å²) in [6.45, 7) is 2.73. The van der Waals surface area contributed by atoms with E-state index in [2.05, 4.69) is 10.3 Å². The molecular formula is C14H14F4N2S. The number of nitrogens with one attached hydrogen (secondary N) is 1. The summed E-state index contributed by atoms with van der Waals surface area (Å²) in [4.78, 5) is 5.37. The van der Waals surface area contributed by atoms with Crippen molar-refractivity contribution in [3.05, 3.63) is 51.2 Å². The minimum absolute atomic E-state index is 0.227. The Bertz CT molecular complexity index is 607. The van der Waals surface area contributed by atoms with E-state index >= 15 is 0 Å². The van der Waals surface area contributed by atoms with E-state index in [1.807, 2.05) is 6.92 Å². The predicted molar refractivity (Wildman–Crippen MR) is 73.4 cm³/mol. The van der Waals surface area contributed by atoms with E-state index in [-0.39, 0.29) is 6.54 Å². The fraction of sp³-hybridized carbons (Fsp3) is 0.357. The van der Waals surface area contributed by atoms with Crippen LogP contribution in [-0.2, 0) is 25.7 Å². The van der Waals surface area contributed by atoms with Crippen LogP contribution in [0.2, 0.25) is 0 Å². The van der Waals surface area contributed by atoms with Crippen molar-refractivity contribution in [2.45, 2.75) is 32.6 Å². The van der Waals surface area contributed by atoms with Gasteiger partial charge in [0, 0.05) is 24.2 Å². The largest absolute Gasteiger partial charge is 0.419 e. The number of benzene rings is 1. The molecule has 0 fully saturated rings. The van der Waals surface area contributed by atoms with Crippen LogP contribution in [0.4, 0.5) is 17.6 Å². The van der Waals surface area contributed by atoms with Crippen LogP contribution < -0.4 is 5.32 Å². The van der Waals surface area contributed by atoms with Gasteiger partial charge in [0.1, 0.15) is 10.8 Å². The first-order valence-electron chi connectivity index (χ1n) is 6.40. The van der Waals surface area contributed by atoms with Gasteiger partial charge in [-0.15, -0.1) is 11.3 Å². The van der Waals surface area contributed by atoms with Gasteiger partial charge in [-0.3, -0.25) is 0 Å². The zero-order valence-electron chi connectivity index (χ0n) is 11.3. The quantitative estimate of drug-likeness (QED) is 0.838. The molecule has 2 rings (SSSR count). The molecule has 0 bridgehead atoms. The molecule has 0 amide bonds. The molecule has 1 heterocycles. The van der Waals surface area contributed by atoms with Crippen LogP contribution in [0.1, 0.15) is 27.9 Å². The highest BCUT2D eigenvalue weighted by atomic mass is 32.1. The number of hydrogen-bond donors (Lipinski definition) is 1. The Kier molecular flexibility index (Phi) is 4.95. The minimum atomic E-state index is -4.68. The zero-order valence-corrected chi connectivity index (χ0v) is 12.1. The molecule has 0 aliphatic carbocycles. The molecule has 1 aromatic heterocycles. The van der Waals surface area contributed by atoms with Crippen LogP contribution in [0, 0.1) is 5.82 Å². The Balaban J connectivity index is 1.97. The molecule has 0 radical (unpaired) electrons. The van der Waals surface area contributed by atoms with E-state index in [1.54, 1.807) is 17.5 Å². The molecule has 2 nitrogen and oxygen atoms in total. The number of thiazole rings is 1. The average molecular weight is 318 g/mol. The van der Waals surface area contributed by atoms with Gasteiger partial charge in [0.25, 0.3) is 0 Å². The fourth-order valence-electron chi connectivity index (χ4n) is 1.81. The maximum atomic E-state index is 13.1. The lowest BCUT2D eigenvalue weighted by atomic mass is 10.1. The molecule has 114 valence electrons. The van der Waals surface area contributed by atoms with Crippen molar-refractivity contribution < 1.29 is 17.6 Å². The SMILES string of the molecule is CCc1cnc(CNCc2ccc(F)c(C(F)(F)F)c2)s1. The third-order valence-electron chi connectivity index (χ3n) is 2.89. The third kappa shape index (κ3) is 4.25. The van der Waals surface area contributed by atoms with Crippen molar-refractivity contribution in [1.29, 1.82) is 0 Å². The Labute approximate surface area is 123 Å². The fourth-order valence-corrected chi connectivity index (χ4v) is 2.64. The molecule has 1 aromatic carbocycles. The summed E-state index contributed by atoms with van der Waals surface area (Å²) in [5.74, 6) is -1.25. The average Bonchev–Trinajstić information content (AvgIpc) is 2.87. The Morgan fingerprint density at radius 2 is 2.00 bits per heavy atom. The molecule has 1 N–H and O–H groups in total. The Hall–Kier alpha value is -1.47. The summed E-state index contributed by atoms with van der Waals surface area (Å²) < 4.78 is 50.9. The maximum Gasteiger partial charge on any atom is 0.419 e. The van der Waals surface area contributed by atoms with Crippen LogP contribution in [0.5, 0.6) is 0 Å². The molecule has 0 saturated carbocycles. The second-order valence-corrected chi connectivity index (χ2v) is 5.69. The van der Waals surface area contributed by atoms with Gasteiger partial charge >= 0.3 is 6.18 Å². The van der Waals surface area contributed by atoms with E-state index in [9.17, 15) is 17.6 Å². The highest BCUT2D eigenvalue weighted by Crippen LogP contribution is 2.31. The highest BCUT2D eigenvalue weighted by molar-refractivity contribution is 7.11. The number of halogens is 4. The highest BCUT2D eigenvalue weighted by Gasteiger charge is 2.34. The molecule has 0 aliphatic heterocycles. The number of alkyl halides is 3. The van der Waals surface area contributed by atoms with Gasteiger partial charge in [-0.2, -0.15) is 13.2 Å². The number of hydrogen-bond acceptors (Lipinski definition) is 3. The summed E-state index contributed by atoms with van der Waals surface area (Å²) in [5, 5.41) is 3.89. The molecule has 0 unspecified atom stereocenters. The van der Waals surface area contributed by atoms with Crippen molar-refractivity contribution in [1.82, 2.24) is 10.3 Å². The topological polar surface area (TPSA) is 24.9 Å². The van der Waals surface area contributed by atoms with Gasteiger partial charge in [-0.1, -0.05) is 13.0 Å². The number of aryl methyl sites for hydroxylation is 1. The smallest absolute Gasteiger partial charge is 0.306 e. The van der Waals surface area contributed by atoms with E-state index in [0.717, 1.165) is 28.4 Å². The van der Waals surface area contributed by atoms with Crippen LogP contribution >= 0.6 is 11.3 Å². The van der Waals surface area contributed by atoms with Gasteiger partial charge in [-0.25, -0.2) is 9.37 Å². The van der Waals surface area contributed by atoms with Crippen molar-refractivity contribution in [3.63, 3.8) is 0 Å². The van der Waals surface area contributed by atoms with Crippen molar-refractivity contribution >= 4 is 11.3 Å². The summed E-state index contributed by atoms with van der Waals surface area (Å²) in [5.41, 5.74) is -0.847. The minimum Gasteiger partial charge on any atom is -0.306 e. The summed E-state index contributed by atoms with van der Waals surface area (Å²) >= 11 is 1.56. The lowest BCUT2D eigenvalue weighted by molar-refractivity contribution is -0.140. The van der Waals surface area contributed by atoms with Crippen molar-refractivity contribution in [3.8, 4) is 0 Å². The Morgan fingerprint density at radius 3 is 2.62 bits per heavy atom. The first-order chi connectivity index (χ1) is 9.90. The number of nitrogens with zero attached hydrogens (tertiary/aromatic N) is 1. The molecule has 7 heteroatoms. The molecule has 2 aromatic rings. The number of aromatic nitrogens is 1. The van der Waals surface area contributed by atoms with Crippen molar-refractivity contribution in [2.24, 2.45) is 0 Å². The second kappa shape index (κ2) is 6.53. The molecule has 0 saturated heterocycles. The summed E-state index contributed by atoms with van der Waals surface area (Å²) in [6, 6.07) is 3.02. The molecule has 0 aliphatic rings. The van der Waals surface area contributed by atoms with Gasteiger partial charge in [-0.05, 0) is 24.1 Å². The van der Waals surface area contributed by atoms with Crippen LogP contribution in [0.25, 0.3) is 0 Å². The van der Waals surface area contributed by atoms with Gasteiger partial charge in [0.15, 0.2) is 0 Å². The Morgan fingerprint density at radius 1 is 1.24 bits per heavy atom. The lowest BCUT2D eigenvalue weighted by Crippen LogP contribution is -2.14. The monoisotopic (exact) mass is 318 g/mol. The van der Waals surface area contributed by atoms with E-state index in [4.69, 9.17) is 0 Å². The predicted octanol–water partition coefficient (Wildman–Crippen LogP) is 4.15. The van der Waals surface area contributed by atoms with E-state index in [1.165, 1.54) is 6.07 Å². The normalized spacial score (nSPS) is 11.9. The van der Waals surface area contributed by atoms with E-state index in [0.29, 0.717) is 12.1 Å². The maximum absolute atomic E-state index is 13.1. The van der Waals surface area contributed by atoms with E-state index < -0.39 is 17.6 Å². The van der Waals surface area contributed by atoms with Gasteiger partial charge in [0.05, 0.1) is 5.56 Å². The lowest BCUT2D eigenvalue weighted by Gasteiger charge is -2.10. The second-order valence-electron chi connectivity index (χ2n) is 4.49. The van der Waals surface area contributed by atoms with Gasteiger partial charge < -0.3 is 5.32 Å².